The second kappa shape index (κ2) is 6.98. The van der Waals surface area contributed by atoms with Crippen LogP contribution in [0.5, 0.6) is 0 Å². The molecule has 1 fully saturated rings. The third-order valence-electron chi connectivity index (χ3n) is 4.81. The zero-order valence-electron chi connectivity index (χ0n) is 15.5. The Kier molecular flexibility index (Phi) is 5.09. The average Bonchev–Trinajstić information content (AvgIpc) is 3.00. The first kappa shape index (κ1) is 18.2. The Bertz CT molecular complexity index is 659. The molecule has 3 rings (SSSR count). The quantitative estimate of drug-likeness (QED) is 0.750. The van der Waals surface area contributed by atoms with Crippen LogP contribution in [0.3, 0.4) is 0 Å². The molecule has 0 spiro atoms. The van der Waals surface area contributed by atoms with E-state index in [9.17, 15) is 4.79 Å². The average molecular weight is 367 g/mol. The minimum Gasteiger partial charge on any atom is -0.444 e. The number of piperidine rings is 1. The van der Waals surface area contributed by atoms with E-state index in [0.29, 0.717) is 5.28 Å². The molecule has 0 N–H and O–H groups in total. The maximum Gasteiger partial charge on any atom is 0.410 e. The molecule has 0 bridgehead atoms. The summed E-state index contributed by atoms with van der Waals surface area (Å²) in [6, 6.07) is 0.106. The Hall–Kier alpha value is -1.56. The molecule has 25 heavy (non-hydrogen) atoms. The molecular weight excluding hydrogens is 340 g/mol. The number of halogens is 1. The molecule has 0 radical (unpaired) electrons. The highest BCUT2D eigenvalue weighted by molar-refractivity contribution is 6.28. The number of amides is 1. The van der Waals surface area contributed by atoms with Gasteiger partial charge in [-0.2, -0.15) is 0 Å². The number of carbonyl (C=O) groups excluding carboxylic acids is 1. The van der Waals surface area contributed by atoms with Gasteiger partial charge in [-0.1, -0.05) is 0 Å². The third kappa shape index (κ3) is 4.17. The number of hydrogen-bond donors (Lipinski definition) is 0. The predicted molar refractivity (Wildman–Crippen MR) is 98.3 cm³/mol. The first-order valence-electron chi connectivity index (χ1n) is 9.00. The summed E-state index contributed by atoms with van der Waals surface area (Å²) >= 11 is 6.14. The normalized spacial score (nSPS) is 20.4. The highest BCUT2D eigenvalue weighted by Crippen LogP contribution is 2.32. The zero-order valence-corrected chi connectivity index (χ0v) is 16.3. The van der Waals surface area contributed by atoms with Crippen molar-refractivity contribution in [3.05, 3.63) is 16.5 Å². The standard InChI is InChI=1S/C18H27ClN4O2/c1-18(2,3)25-17(24)22(4)12-7-6-10-23(11-12)15-13-8-5-9-14(13)20-16(19)21-15/h12H,5-11H2,1-4H3/t12-/m1/s1. The molecule has 2 heterocycles. The second-order valence-corrected chi connectivity index (χ2v) is 8.27. The number of nitrogens with zero attached hydrogens (tertiary/aromatic N) is 4. The summed E-state index contributed by atoms with van der Waals surface area (Å²) in [5.74, 6) is 0.954. The van der Waals surface area contributed by atoms with Gasteiger partial charge in [-0.05, 0) is 64.5 Å². The van der Waals surface area contributed by atoms with Crippen molar-refractivity contribution >= 4 is 23.5 Å². The van der Waals surface area contributed by atoms with Gasteiger partial charge in [-0.15, -0.1) is 0 Å². The predicted octanol–water partition coefficient (Wildman–Crippen LogP) is 3.45. The SMILES string of the molecule is CN(C(=O)OC(C)(C)C)[C@@H]1CCCN(c2nc(Cl)nc3c2CCC3)C1. The lowest BCUT2D eigenvalue weighted by molar-refractivity contribution is 0.0209. The Labute approximate surface area is 154 Å². The van der Waals surface area contributed by atoms with Crippen LogP contribution in [0.2, 0.25) is 5.28 Å². The Morgan fingerprint density at radius 1 is 1.28 bits per heavy atom. The molecule has 0 aromatic carbocycles. The van der Waals surface area contributed by atoms with Crippen molar-refractivity contribution in [1.29, 1.82) is 0 Å². The largest absolute Gasteiger partial charge is 0.444 e. The maximum absolute atomic E-state index is 12.4. The molecular formula is C18H27ClN4O2. The van der Waals surface area contributed by atoms with Crippen LogP contribution >= 0.6 is 11.6 Å². The number of anilines is 1. The van der Waals surface area contributed by atoms with Gasteiger partial charge in [0.05, 0.1) is 11.7 Å². The van der Waals surface area contributed by atoms with E-state index in [1.54, 1.807) is 4.90 Å². The first-order chi connectivity index (χ1) is 11.7. The molecule has 0 saturated carbocycles. The number of likely N-dealkylation sites (N-methyl/N-ethyl adjacent to an activating group) is 1. The Balaban J connectivity index is 1.75. The lowest BCUT2D eigenvalue weighted by atomic mass is 10.0. The molecule has 1 aromatic rings. The van der Waals surface area contributed by atoms with Crippen molar-refractivity contribution < 1.29 is 9.53 Å². The Morgan fingerprint density at radius 2 is 2.04 bits per heavy atom. The van der Waals surface area contributed by atoms with E-state index in [-0.39, 0.29) is 12.1 Å². The van der Waals surface area contributed by atoms with E-state index in [2.05, 4.69) is 14.9 Å². The molecule has 1 aromatic heterocycles. The molecule has 0 unspecified atom stereocenters. The van der Waals surface area contributed by atoms with Crippen LogP contribution in [0.1, 0.15) is 51.3 Å². The van der Waals surface area contributed by atoms with Gasteiger partial charge in [0.15, 0.2) is 0 Å². The summed E-state index contributed by atoms with van der Waals surface area (Å²) in [6.45, 7) is 7.34. The van der Waals surface area contributed by atoms with Gasteiger partial charge in [-0.3, -0.25) is 0 Å². The van der Waals surface area contributed by atoms with Crippen LogP contribution in [0.15, 0.2) is 0 Å². The molecule has 1 atom stereocenters. The molecule has 1 aliphatic carbocycles. The molecule has 1 amide bonds. The zero-order chi connectivity index (χ0) is 18.2. The summed E-state index contributed by atoms with van der Waals surface area (Å²) in [6.07, 6.45) is 4.78. The fraction of sp³-hybridized carbons (Fsp3) is 0.722. The van der Waals surface area contributed by atoms with E-state index in [1.165, 1.54) is 5.56 Å². The monoisotopic (exact) mass is 366 g/mol. The fourth-order valence-electron chi connectivity index (χ4n) is 3.59. The van der Waals surface area contributed by atoms with Crippen LogP contribution in [-0.2, 0) is 17.6 Å². The number of carbonyl (C=O) groups is 1. The van der Waals surface area contributed by atoms with Gasteiger partial charge in [0, 0.05) is 25.7 Å². The van der Waals surface area contributed by atoms with Crippen LogP contribution in [0, 0.1) is 0 Å². The summed E-state index contributed by atoms with van der Waals surface area (Å²) in [4.78, 5) is 25.2. The number of rotatable bonds is 2. The molecule has 1 aliphatic heterocycles. The van der Waals surface area contributed by atoms with Gasteiger partial charge in [-0.25, -0.2) is 14.8 Å². The van der Waals surface area contributed by atoms with Crippen LogP contribution in [-0.4, -0.2) is 52.7 Å². The lowest BCUT2D eigenvalue weighted by Crippen LogP contribution is -2.50. The number of aryl methyl sites for hydroxylation is 1. The molecule has 2 aliphatic rings. The molecule has 138 valence electrons. The lowest BCUT2D eigenvalue weighted by Gasteiger charge is -2.39. The molecule has 6 nitrogen and oxygen atoms in total. The van der Waals surface area contributed by atoms with Crippen molar-refractivity contribution in [2.45, 2.75) is 64.5 Å². The Morgan fingerprint density at radius 3 is 2.76 bits per heavy atom. The first-order valence-corrected chi connectivity index (χ1v) is 9.38. The summed E-state index contributed by atoms with van der Waals surface area (Å²) < 4.78 is 5.51. The topological polar surface area (TPSA) is 58.6 Å². The highest BCUT2D eigenvalue weighted by Gasteiger charge is 2.31. The van der Waals surface area contributed by atoms with Crippen molar-refractivity contribution in [3.8, 4) is 0 Å². The van der Waals surface area contributed by atoms with Crippen molar-refractivity contribution in [2.24, 2.45) is 0 Å². The van der Waals surface area contributed by atoms with Crippen molar-refractivity contribution in [2.75, 3.05) is 25.0 Å². The van der Waals surface area contributed by atoms with E-state index in [1.807, 2.05) is 27.8 Å². The second-order valence-electron chi connectivity index (χ2n) is 7.93. The van der Waals surface area contributed by atoms with Crippen LogP contribution < -0.4 is 4.90 Å². The number of aromatic nitrogens is 2. The maximum atomic E-state index is 12.4. The number of hydrogen-bond acceptors (Lipinski definition) is 5. The smallest absolute Gasteiger partial charge is 0.410 e. The van der Waals surface area contributed by atoms with E-state index >= 15 is 0 Å². The number of ether oxygens (including phenoxy) is 1. The summed E-state index contributed by atoms with van der Waals surface area (Å²) in [5, 5.41) is 0.318. The van der Waals surface area contributed by atoms with Gasteiger partial charge in [0.1, 0.15) is 11.4 Å². The van der Waals surface area contributed by atoms with Crippen molar-refractivity contribution in [3.63, 3.8) is 0 Å². The third-order valence-corrected chi connectivity index (χ3v) is 4.98. The van der Waals surface area contributed by atoms with Gasteiger partial charge in [0.2, 0.25) is 5.28 Å². The van der Waals surface area contributed by atoms with Gasteiger partial charge in [0.25, 0.3) is 0 Å². The highest BCUT2D eigenvalue weighted by atomic mass is 35.5. The van der Waals surface area contributed by atoms with E-state index in [4.69, 9.17) is 16.3 Å². The summed E-state index contributed by atoms with van der Waals surface area (Å²) in [5.41, 5.74) is 1.82. The minimum absolute atomic E-state index is 0.106. The van der Waals surface area contributed by atoms with Gasteiger partial charge < -0.3 is 14.5 Å². The van der Waals surface area contributed by atoms with Crippen LogP contribution in [0.4, 0.5) is 10.6 Å². The molecule has 1 saturated heterocycles. The van der Waals surface area contributed by atoms with Crippen LogP contribution in [0.25, 0.3) is 0 Å². The van der Waals surface area contributed by atoms with Crippen molar-refractivity contribution in [1.82, 2.24) is 14.9 Å². The van der Waals surface area contributed by atoms with Gasteiger partial charge >= 0.3 is 6.09 Å². The van der Waals surface area contributed by atoms with E-state index < -0.39 is 5.60 Å². The summed E-state index contributed by atoms with van der Waals surface area (Å²) in [7, 11) is 1.82. The minimum atomic E-state index is -0.485. The molecule has 7 heteroatoms. The fourth-order valence-corrected chi connectivity index (χ4v) is 3.77. The van der Waals surface area contributed by atoms with E-state index in [0.717, 1.165) is 56.7 Å². The number of fused-ring (bicyclic) bond motifs is 1.